The topological polar surface area (TPSA) is 73.0 Å². The minimum atomic E-state index is -0.200. The predicted molar refractivity (Wildman–Crippen MR) is 129 cm³/mol. The highest BCUT2D eigenvalue weighted by molar-refractivity contribution is 6.31. The second-order valence-electron chi connectivity index (χ2n) is 9.80. The quantitative estimate of drug-likeness (QED) is 0.685. The van der Waals surface area contributed by atoms with Crippen LogP contribution in [0.2, 0.25) is 5.02 Å². The van der Waals surface area contributed by atoms with Crippen LogP contribution in [0.25, 0.3) is 0 Å². The van der Waals surface area contributed by atoms with Crippen molar-refractivity contribution in [3.8, 4) is 0 Å². The Labute approximate surface area is 201 Å². The number of benzene rings is 1. The van der Waals surface area contributed by atoms with Crippen LogP contribution in [0.1, 0.15) is 56.6 Å². The Kier molecular flexibility index (Phi) is 7.59. The van der Waals surface area contributed by atoms with Crippen LogP contribution in [-0.4, -0.2) is 71.2 Å². The number of carbonyl (C=O) groups excluding carboxylic acids is 3. The molecule has 2 saturated heterocycles. The van der Waals surface area contributed by atoms with Crippen LogP contribution >= 0.6 is 11.6 Å². The Morgan fingerprint density at radius 3 is 2.55 bits per heavy atom. The molecule has 3 fully saturated rings. The van der Waals surface area contributed by atoms with Gasteiger partial charge in [-0.15, -0.1) is 0 Å². The normalized spacial score (nSPS) is 22.3. The average molecular weight is 475 g/mol. The molecule has 1 aliphatic carbocycles. The molecule has 8 heteroatoms. The molecule has 1 aromatic carbocycles. The number of anilines is 1. The lowest BCUT2D eigenvalue weighted by Gasteiger charge is -2.41. The van der Waals surface area contributed by atoms with Crippen LogP contribution in [0.4, 0.5) is 5.69 Å². The van der Waals surface area contributed by atoms with Crippen molar-refractivity contribution in [2.45, 2.75) is 65.0 Å². The molecule has 180 valence electrons. The van der Waals surface area contributed by atoms with Crippen molar-refractivity contribution < 1.29 is 14.4 Å². The van der Waals surface area contributed by atoms with E-state index in [1.807, 2.05) is 13.0 Å². The zero-order valence-corrected chi connectivity index (χ0v) is 20.5. The van der Waals surface area contributed by atoms with Gasteiger partial charge in [0.05, 0.1) is 6.54 Å². The molecule has 1 N–H and O–H groups in total. The molecule has 4 rings (SSSR count). The molecule has 0 unspecified atom stereocenters. The number of piperazine rings is 1. The lowest BCUT2D eigenvalue weighted by Crippen LogP contribution is -2.54. The molecule has 3 amide bonds. The summed E-state index contributed by atoms with van der Waals surface area (Å²) in [6, 6.07) is 3.91. The fourth-order valence-electron chi connectivity index (χ4n) is 5.42. The fourth-order valence-corrected chi connectivity index (χ4v) is 5.66. The highest BCUT2D eigenvalue weighted by Gasteiger charge is 2.33. The van der Waals surface area contributed by atoms with Crippen molar-refractivity contribution in [1.82, 2.24) is 14.7 Å². The van der Waals surface area contributed by atoms with Crippen LogP contribution in [0.15, 0.2) is 12.1 Å². The summed E-state index contributed by atoms with van der Waals surface area (Å²) >= 11 is 6.40. The first-order valence-corrected chi connectivity index (χ1v) is 12.6. The Hall–Kier alpha value is -2.12. The number of nitrogens with zero attached hydrogens (tertiary/aromatic N) is 3. The van der Waals surface area contributed by atoms with Gasteiger partial charge in [-0.25, -0.2) is 0 Å². The van der Waals surface area contributed by atoms with Gasteiger partial charge in [0.2, 0.25) is 17.7 Å². The highest BCUT2D eigenvalue weighted by atomic mass is 35.5. The third kappa shape index (κ3) is 5.69. The van der Waals surface area contributed by atoms with Gasteiger partial charge in [0.15, 0.2) is 0 Å². The molecule has 7 nitrogen and oxygen atoms in total. The number of hydrogen-bond donors (Lipinski definition) is 1. The number of rotatable bonds is 6. The zero-order chi connectivity index (χ0) is 23.5. The van der Waals surface area contributed by atoms with Gasteiger partial charge in [0.25, 0.3) is 0 Å². The largest absolute Gasteiger partial charge is 0.337 e. The summed E-state index contributed by atoms with van der Waals surface area (Å²) in [5, 5.41) is 3.52. The van der Waals surface area contributed by atoms with Gasteiger partial charge >= 0.3 is 0 Å². The Balaban J connectivity index is 1.37. The monoisotopic (exact) mass is 474 g/mol. The van der Waals surface area contributed by atoms with Crippen molar-refractivity contribution in [3.63, 3.8) is 0 Å². The molecule has 2 aliphatic heterocycles. The molecule has 0 bridgehead atoms. The second-order valence-corrected chi connectivity index (χ2v) is 10.2. The van der Waals surface area contributed by atoms with E-state index in [-0.39, 0.29) is 30.3 Å². The summed E-state index contributed by atoms with van der Waals surface area (Å²) in [7, 11) is 0. The summed E-state index contributed by atoms with van der Waals surface area (Å²) in [6.45, 7) is 7.96. The van der Waals surface area contributed by atoms with E-state index in [9.17, 15) is 14.4 Å². The number of carbonyl (C=O) groups is 3. The molecule has 0 spiro atoms. The second kappa shape index (κ2) is 10.4. The standard InChI is InChI=1S/C25H35ClN4O3/c1-17-14-28(10-11-30(17)25(33)19-6-3-4-7-19)15-20-12-21(26)13-22(18(20)2)27-23(31)16-29-9-5-8-24(29)32/h12-13,17,19H,3-11,14-16H2,1-2H3,(H,27,31)/t17-/m0/s1. The van der Waals surface area contributed by atoms with Crippen LogP contribution in [-0.2, 0) is 20.9 Å². The van der Waals surface area contributed by atoms with Crippen molar-refractivity contribution >= 4 is 35.0 Å². The number of likely N-dealkylation sites (tertiary alicyclic amines) is 1. The van der Waals surface area contributed by atoms with E-state index in [4.69, 9.17) is 11.6 Å². The van der Waals surface area contributed by atoms with Gasteiger partial charge in [-0.3, -0.25) is 19.3 Å². The van der Waals surface area contributed by atoms with Crippen LogP contribution in [0, 0.1) is 12.8 Å². The first-order valence-electron chi connectivity index (χ1n) is 12.2. The van der Waals surface area contributed by atoms with Gasteiger partial charge < -0.3 is 15.1 Å². The molecule has 2 heterocycles. The maximum atomic E-state index is 12.9. The van der Waals surface area contributed by atoms with Crippen molar-refractivity contribution in [3.05, 3.63) is 28.3 Å². The Morgan fingerprint density at radius 2 is 1.88 bits per heavy atom. The number of halogens is 1. The predicted octanol–water partition coefficient (Wildman–Crippen LogP) is 3.43. The molecule has 1 aromatic rings. The molecule has 33 heavy (non-hydrogen) atoms. The zero-order valence-electron chi connectivity index (χ0n) is 19.7. The Bertz CT molecular complexity index is 915. The SMILES string of the molecule is Cc1c(CN2CCN(C(=O)C3CCCC3)[C@@H](C)C2)cc(Cl)cc1NC(=O)CN1CCCC1=O. The Morgan fingerprint density at radius 1 is 1.12 bits per heavy atom. The summed E-state index contributed by atoms with van der Waals surface area (Å²) in [4.78, 5) is 43.3. The van der Waals surface area contributed by atoms with E-state index in [1.165, 1.54) is 12.8 Å². The molecule has 1 saturated carbocycles. The number of hydrogen-bond acceptors (Lipinski definition) is 4. The molecule has 1 atom stereocenters. The summed E-state index contributed by atoms with van der Waals surface area (Å²) in [5.74, 6) is 0.388. The van der Waals surface area contributed by atoms with E-state index in [1.54, 1.807) is 11.0 Å². The van der Waals surface area contributed by atoms with Gasteiger partial charge in [-0.05, 0) is 56.4 Å². The highest BCUT2D eigenvalue weighted by Crippen LogP contribution is 2.29. The first kappa shape index (κ1) is 24.0. The molecule has 0 aromatic heterocycles. The third-order valence-corrected chi connectivity index (χ3v) is 7.57. The van der Waals surface area contributed by atoms with Gasteiger partial charge in [0, 0.05) is 61.8 Å². The molecular formula is C25H35ClN4O3. The number of amides is 3. The van der Waals surface area contributed by atoms with Crippen LogP contribution in [0.3, 0.4) is 0 Å². The van der Waals surface area contributed by atoms with Crippen molar-refractivity contribution in [1.29, 1.82) is 0 Å². The van der Waals surface area contributed by atoms with E-state index in [0.29, 0.717) is 29.6 Å². The van der Waals surface area contributed by atoms with Crippen molar-refractivity contribution in [2.24, 2.45) is 5.92 Å². The third-order valence-electron chi connectivity index (χ3n) is 7.35. The lowest BCUT2D eigenvalue weighted by atomic mass is 10.0. The summed E-state index contributed by atoms with van der Waals surface area (Å²) < 4.78 is 0. The van der Waals surface area contributed by atoms with E-state index >= 15 is 0 Å². The molecule has 0 radical (unpaired) electrons. The van der Waals surface area contributed by atoms with E-state index < -0.39 is 0 Å². The first-order chi connectivity index (χ1) is 15.8. The number of nitrogens with one attached hydrogen (secondary N) is 1. The van der Waals surface area contributed by atoms with Crippen molar-refractivity contribution in [2.75, 3.05) is 38.0 Å². The van der Waals surface area contributed by atoms with Crippen LogP contribution < -0.4 is 5.32 Å². The summed E-state index contributed by atoms with van der Waals surface area (Å²) in [5.41, 5.74) is 2.74. The maximum Gasteiger partial charge on any atom is 0.244 e. The van der Waals surface area contributed by atoms with Gasteiger partial charge in [-0.1, -0.05) is 24.4 Å². The average Bonchev–Trinajstić information content (AvgIpc) is 3.43. The lowest BCUT2D eigenvalue weighted by molar-refractivity contribution is -0.140. The molecule has 3 aliphatic rings. The summed E-state index contributed by atoms with van der Waals surface area (Å²) in [6.07, 6.45) is 5.75. The van der Waals surface area contributed by atoms with Gasteiger partial charge in [0.1, 0.15) is 0 Å². The minimum Gasteiger partial charge on any atom is -0.337 e. The minimum absolute atomic E-state index is 0.0355. The van der Waals surface area contributed by atoms with E-state index in [0.717, 1.165) is 56.6 Å². The molecular weight excluding hydrogens is 440 g/mol. The van der Waals surface area contributed by atoms with E-state index in [2.05, 4.69) is 22.0 Å². The smallest absolute Gasteiger partial charge is 0.244 e. The maximum absolute atomic E-state index is 12.9. The fraction of sp³-hybridized carbons (Fsp3) is 0.640. The van der Waals surface area contributed by atoms with Crippen LogP contribution in [0.5, 0.6) is 0 Å². The van der Waals surface area contributed by atoms with Gasteiger partial charge in [-0.2, -0.15) is 0 Å².